The van der Waals surface area contributed by atoms with Crippen molar-refractivity contribution in [2.45, 2.75) is 44.8 Å². The fourth-order valence-corrected chi connectivity index (χ4v) is 6.12. The lowest BCUT2D eigenvalue weighted by molar-refractivity contribution is -0.119. The highest BCUT2D eigenvalue weighted by atomic mass is 35.5. The van der Waals surface area contributed by atoms with Crippen molar-refractivity contribution in [3.63, 3.8) is 0 Å². The fraction of sp³-hybridized carbons (Fsp3) is 0.379. The highest BCUT2D eigenvalue weighted by molar-refractivity contribution is 6.38. The molecule has 0 spiro atoms. The number of fused-ring (bicyclic) bond motifs is 2. The fourth-order valence-electron chi connectivity index (χ4n) is 5.71. The average molecular weight is 583 g/mol. The summed E-state index contributed by atoms with van der Waals surface area (Å²) < 4.78 is 22.7. The number of pyridine rings is 1. The number of nitrogens with zero attached hydrogens (tertiary/aromatic N) is 3. The van der Waals surface area contributed by atoms with E-state index in [9.17, 15) is 24.3 Å². The number of aromatic nitrogens is 1. The third kappa shape index (κ3) is 4.99. The van der Waals surface area contributed by atoms with Crippen molar-refractivity contribution >= 4 is 51.8 Å². The molecule has 1 aromatic heterocycles. The molecule has 3 aromatic rings. The molecule has 1 unspecified atom stereocenters. The minimum absolute atomic E-state index is 0.00828. The molecule has 2 aliphatic heterocycles. The smallest absolute Gasteiger partial charge is 0.414 e. The van der Waals surface area contributed by atoms with Gasteiger partial charge in [-0.2, -0.15) is 0 Å². The van der Waals surface area contributed by atoms with Crippen molar-refractivity contribution < 1.29 is 28.6 Å². The number of cyclic esters (lactones) is 1. The van der Waals surface area contributed by atoms with Crippen LogP contribution in [0.2, 0.25) is 5.02 Å². The van der Waals surface area contributed by atoms with Crippen LogP contribution in [0.1, 0.15) is 47.3 Å². The molecule has 0 radical (unpaired) electrons. The van der Waals surface area contributed by atoms with Crippen molar-refractivity contribution in [3.05, 3.63) is 68.2 Å². The van der Waals surface area contributed by atoms with Crippen LogP contribution in [0.15, 0.2) is 35.3 Å². The van der Waals surface area contributed by atoms with Crippen LogP contribution in [0.25, 0.3) is 10.9 Å². The lowest BCUT2D eigenvalue weighted by Gasteiger charge is -2.26. The van der Waals surface area contributed by atoms with E-state index in [0.29, 0.717) is 43.7 Å². The van der Waals surface area contributed by atoms with Gasteiger partial charge in [-0.05, 0) is 55.0 Å². The molecule has 3 aliphatic rings. The minimum Gasteiger partial charge on any atom is -0.477 e. The Bertz CT molecular complexity index is 1670. The number of rotatable bonds is 6. The van der Waals surface area contributed by atoms with Crippen molar-refractivity contribution in [2.24, 2.45) is 0 Å². The molecule has 0 bridgehead atoms. The number of amides is 2. The number of carboxylic acids is 1. The van der Waals surface area contributed by atoms with Crippen LogP contribution in [-0.4, -0.2) is 59.9 Å². The summed E-state index contributed by atoms with van der Waals surface area (Å²) in [5.41, 5.74) is 2.15. The van der Waals surface area contributed by atoms with Crippen LogP contribution < -0.4 is 20.5 Å². The first kappa shape index (κ1) is 27.1. The Morgan fingerprint density at radius 1 is 1.15 bits per heavy atom. The molecule has 1 atom stereocenters. The molecular formula is C29H28ClFN4O6. The Morgan fingerprint density at radius 3 is 2.56 bits per heavy atom. The number of anilines is 2. The van der Waals surface area contributed by atoms with E-state index in [4.69, 9.17) is 16.3 Å². The number of carbonyl (C=O) groups is 3. The van der Waals surface area contributed by atoms with Crippen LogP contribution in [0.5, 0.6) is 0 Å². The third-order valence-corrected chi connectivity index (χ3v) is 8.29. The van der Waals surface area contributed by atoms with Gasteiger partial charge in [-0.15, -0.1) is 0 Å². The molecule has 1 saturated carbocycles. The highest BCUT2D eigenvalue weighted by Crippen LogP contribution is 2.42. The number of halogens is 2. The number of ether oxygens (including phenoxy) is 1. The molecule has 1 aliphatic carbocycles. The second-order valence-electron chi connectivity index (χ2n) is 10.7. The summed E-state index contributed by atoms with van der Waals surface area (Å²) in [5.74, 6) is -2.24. The van der Waals surface area contributed by atoms with E-state index in [1.54, 1.807) is 4.57 Å². The molecule has 2 N–H and O–H groups in total. The molecule has 214 valence electrons. The van der Waals surface area contributed by atoms with E-state index in [1.807, 2.05) is 23.1 Å². The number of carbonyl (C=O) groups excluding carboxylic acids is 2. The minimum atomic E-state index is -1.36. The maximum atomic E-state index is 15.6. The van der Waals surface area contributed by atoms with Gasteiger partial charge in [-0.1, -0.05) is 17.7 Å². The third-order valence-electron chi connectivity index (χ3n) is 7.93. The molecule has 41 heavy (non-hydrogen) atoms. The van der Waals surface area contributed by atoms with Crippen molar-refractivity contribution in [1.82, 2.24) is 9.88 Å². The molecule has 6 rings (SSSR count). The van der Waals surface area contributed by atoms with E-state index in [1.165, 1.54) is 18.0 Å². The largest absolute Gasteiger partial charge is 0.477 e. The number of hydrogen-bond acceptors (Lipinski definition) is 6. The number of benzene rings is 2. The van der Waals surface area contributed by atoms with Crippen molar-refractivity contribution in [2.75, 3.05) is 36.0 Å². The number of hydrogen-bond donors (Lipinski definition) is 2. The summed E-state index contributed by atoms with van der Waals surface area (Å²) >= 11 is 6.84. The topological polar surface area (TPSA) is 121 Å². The number of carboxylic acid groups (broad SMARTS) is 1. The van der Waals surface area contributed by atoms with E-state index in [2.05, 4.69) is 5.32 Å². The lowest BCUT2D eigenvalue weighted by atomic mass is 10.0. The summed E-state index contributed by atoms with van der Waals surface area (Å²) in [6, 6.07) is 6.87. The van der Waals surface area contributed by atoms with E-state index in [-0.39, 0.29) is 34.6 Å². The normalized spacial score (nSPS) is 18.7. The SMILES string of the molecule is CC(=O)NCC1CN(c2ccc3c(c2)CCN(c2c(F)cc4c(=O)c(C(=O)O)cn(C5CC5)c4c2Cl)CC3)C(=O)O1. The standard InChI is InChI=1S/C29H28ClFN4O6/c1-15(36)32-12-20-13-35(29(40)41-20)19-3-2-16-6-8-33(9-7-17(16)10-19)26-23(31)11-21-25(24(26)30)34(18-4-5-18)14-22(27(21)37)28(38)39/h2-3,10-11,14,18,20H,4-9,12-13H2,1H3,(H,32,36)(H,38,39). The number of nitrogens with one attached hydrogen (secondary N) is 1. The average Bonchev–Trinajstić information content (AvgIpc) is 3.73. The predicted molar refractivity (Wildman–Crippen MR) is 151 cm³/mol. The van der Waals surface area contributed by atoms with Gasteiger partial charge in [0.15, 0.2) is 0 Å². The quantitative estimate of drug-likeness (QED) is 0.452. The van der Waals surface area contributed by atoms with E-state index < -0.39 is 35.0 Å². The van der Waals surface area contributed by atoms with Crippen LogP contribution in [0.3, 0.4) is 0 Å². The van der Waals surface area contributed by atoms with Crippen molar-refractivity contribution in [3.8, 4) is 0 Å². The Labute approximate surface area is 239 Å². The van der Waals surface area contributed by atoms with E-state index >= 15 is 4.39 Å². The van der Waals surface area contributed by atoms with Crippen LogP contribution >= 0.6 is 11.6 Å². The molecule has 12 heteroatoms. The summed E-state index contributed by atoms with van der Waals surface area (Å²) in [7, 11) is 0. The van der Waals surface area contributed by atoms with Gasteiger partial charge >= 0.3 is 12.1 Å². The summed E-state index contributed by atoms with van der Waals surface area (Å²) in [4.78, 5) is 51.8. The van der Waals surface area contributed by atoms with Gasteiger partial charge in [0.05, 0.1) is 34.7 Å². The zero-order valence-electron chi connectivity index (χ0n) is 22.3. The van der Waals surface area contributed by atoms with Crippen LogP contribution in [0, 0.1) is 5.82 Å². The first-order chi connectivity index (χ1) is 19.6. The monoisotopic (exact) mass is 582 g/mol. The molecule has 1 saturated heterocycles. The molecule has 2 aromatic carbocycles. The zero-order valence-corrected chi connectivity index (χ0v) is 23.0. The maximum Gasteiger partial charge on any atom is 0.414 e. The maximum absolute atomic E-state index is 15.6. The van der Waals surface area contributed by atoms with Crippen molar-refractivity contribution in [1.29, 1.82) is 0 Å². The molecular weight excluding hydrogens is 555 g/mol. The first-order valence-electron chi connectivity index (χ1n) is 13.5. The summed E-state index contributed by atoms with van der Waals surface area (Å²) in [5, 5.41) is 12.3. The Kier molecular flexibility index (Phi) is 6.85. The van der Waals surface area contributed by atoms with Gasteiger partial charge < -0.3 is 24.6 Å². The molecule has 2 amide bonds. The van der Waals surface area contributed by atoms with Gasteiger partial charge in [-0.3, -0.25) is 14.5 Å². The number of aromatic carboxylic acids is 1. The van der Waals surface area contributed by atoms with Crippen LogP contribution in [0.4, 0.5) is 20.6 Å². The Hall–Kier alpha value is -4.12. The van der Waals surface area contributed by atoms with Gasteiger partial charge in [0.2, 0.25) is 11.3 Å². The van der Waals surface area contributed by atoms with Crippen LogP contribution in [-0.2, 0) is 22.4 Å². The first-order valence-corrected chi connectivity index (χ1v) is 13.9. The molecule has 10 nitrogen and oxygen atoms in total. The zero-order chi connectivity index (χ0) is 29.0. The van der Waals surface area contributed by atoms with E-state index in [0.717, 1.165) is 30.0 Å². The summed E-state index contributed by atoms with van der Waals surface area (Å²) in [6.45, 7) is 2.87. The molecule has 3 heterocycles. The van der Waals surface area contributed by atoms with Gasteiger partial charge in [-0.25, -0.2) is 14.0 Å². The molecule has 2 fully saturated rings. The van der Waals surface area contributed by atoms with Gasteiger partial charge in [0, 0.05) is 37.9 Å². The summed E-state index contributed by atoms with van der Waals surface area (Å²) in [6.07, 6.45) is 3.20. The highest BCUT2D eigenvalue weighted by Gasteiger charge is 2.34. The second-order valence-corrected chi connectivity index (χ2v) is 11.1. The lowest BCUT2D eigenvalue weighted by Crippen LogP contribution is -2.33. The van der Waals surface area contributed by atoms with Gasteiger partial charge in [0.25, 0.3) is 0 Å². The Balaban J connectivity index is 1.29. The predicted octanol–water partition coefficient (Wildman–Crippen LogP) is 3.89. The van der Waals surface area contributed by atoms with Gasteiger partial charge in [0.1, 0.15) is 17.5 Å². The Morgan fingerprint density at radius 2 is 1.88 bits per heavy atom. The second kappa shape index (κ2) is 10.4.